The molecule has 6 atom stereocenters. The first-order valence-corrected chi connectivity index (χ1v) is 24.1. The van der Waals surface area contributed by atoms with Crippen LogP contribution in [0.1, 0.15) is 74.5 Å². The second-order valence-electron chi connectivity index (χ2n) is 17.9. The predicted octanol–water partition coefficient (Wildman–Crippen LogP) is 11.7. The summed E-state index contributed by atoms with van der Waals surface area (Å²) in [5.74, 6) is -1.27. The molecule has 1 aliphatic heterocycles. The molecule has 5 aromatic rings. The Labute approximate surface area is 407 Å². The maximum absolute atomic E-state index is 14.5. The number of allylic oxidation sites excluding steroid dienone is 1. The largest absolute Gasteiger partial charge is 0.459 e. The van der Waals surface area contributed by atoms with Gasteiger partial charge in [0.1, 0.15) is 35.7 Å². The molecule has 0 radical (unpaired) electrons. The number of halogens is 1. The predicted molar refractivity (Wildman–Crippen MR) is 264 cm³/mol. The van der Waals surface area contributed by atoms with Gasteiger partial charge >= 0.3 is 6.09 Å². The summed E-state index contributed by atoms with van der Waals surface area (Å²) in [6.07, 6.45) is 7.50. The molecule has 3 aliphatic rings. The molecule has 8 rings (SSSR count). The molecule has 0 aromatic heterocycles. The number of oxime groups is 1. The highest BCUT2D eigenvalue weighted by atomic mass is 19.1. The molecule has 2 aliphatic carbocycles. The third kappa shape index (κ3) is 11.1. The van der Waals surface area contributed by atoms with Crippen molar-refractivity contribution in [2.45, 2.75) is 82.8 Å². The molecule has 0 saturated heterocycles. The van der Waals surface area contributed by atoms with Crippen molar-refractivity contribution in [1.29, 1.82) is 0 Å². The van der Waals surface area contributed by atoms with Crippen LogP contribution in [0.5, 0.6) is 17.2 Å². The Morgan fingerprint density at radius 2 is 1.59 bits per heavy atom. The van der Waals surface area contributed by atoms with E-state index in [1.54, 1.807) is 42.2 Å². The van der Waals surface area contributed by atoms with Crippen LogP contribution >= 0.6 is 0 Å². The van der Waals surface area contributed by atoms with Crippen LogP contribution in [0.4, 0.5) is 14.9 Å². The number of amides is 1. The fourth-order valence-electron chi connectivity index (χ4n) is 10.4. The summed E-state index contributed by atoms with van der Waals surface area (Å²) in [6.45, 7) is 5.97. The molecule has 0 bridgehead atoms. The summed E-state index contributed by atoms with van der Waals surface area (Å²) in [6, 6.07) is 34.9. The lowest BCUT2D eigenvalue weighted by molar-refractivity contribution is -0.384. The van der Waals surface area contributed by atoms with Crippen LogP contribution in [0.3, 0.4) is 0 Å². The van der Waals surface area contributed by atoms with Crippen molar-refractivity contribution >= 4 is 17.5 Å². The Bertz CT molecular complexity index is 2630. The quantitative estimate of drug-likeness (QED) is 0.0295. The number of unbranched alkanes of at least 4 members (excludes halogenated alkanes) is 2. The topological polar surface area (TPSA) is 162 Å². The number of nitro groups is 1. The van der Waals surface area contributed by atoms with Gasteiger partial charge in [-0.25, -0.2) is 9.18 Å². The Balaban J connectivity index is 1.30. The number of benzene rings is 5. The normalized spacial score (nSPS) is 21.6. The van der Waals surface area contributed by atoms with E-state index in [9.17, 15) is 29.5 Å². The molecular weight excluding hydrogens is 894 g/mol. The number of rotatable bonds is 22. The van der Waals surface area contributed by atoms with Gasteiger partial charge in [0.15, 0.2) is 0 Å². The second kappa shape index (κ2) is 23.2. The third-order valence-electron chi connectivity index (χ3n) is 13.5. The van der Waals surface area contributed by atoms with Crippen molar-refractivity contribution in [1.82, 2.24) is 4.90 Å². The van der Waals surface area contributed by atoms with Gasteiger partial charge in [0.2, 0.25) is 5.79 Å². The van der Waals surface area contributed by atoms with E-state index in [1.807, 2.05) is 60.7 Å². The fourth-order valence-corrected chi connectivity index (χ4v) is 10.4. The third-order valence-corrected chi connectivity index (χ3v) is 13.5. The van der Waals surface area contributed by atoms with Crippen molar-refractivity contribution in [3.8, 4) is 28.4 Å². The molecule has 5 aromatic carbocycles. The maximum atomic E-state index is 14.5. The molecule has 6 unspecified atom stereocenters. The number of nitro benzene ring substituents is 1. The lowest BCUT2D eigenvalue weighted by atomic mass is 9.55. The van der Waals surface area contributed by atoms with E-state index in [1.165, 1.54) is 24.3 Å². The summed E-state index contributed by atoms with van der Waals surface area (Å²) in [7, 11) is 0. The Morgan fingerprint density at radius 1 is 0.900 bits per heavy atom. The van der Waals surface area contributed by atoms with E-state index in [2.05, 4.69) is 24.8 Å². The van der Waals surface area contributed by atoms with Gasteiger partial charge in [-0.3, -0.25) is 15.0 Å². The van der Waals surface area contributed by atoms with Gasteiger partial charge in [-0.05, 0) is 127 Å². The zero-order valence-electron chi connectivity index (χ0n) is 39.4. The van der Waals surface area contributed by atoms with E-state index in [-0.39, 0.29) is 69.4 Å². The zero-order chi connectivity index (χ0) is 49.0. The van der Waals surface area contributed by atoms with Crippen LogP contribution in [0.15, 0.2) is 151 Å². The molecule has 70 heavy (non-hydrogen) atoms. The van der Waals surface area contributed by atoms with E-state index in [0.717, 1.165) is 47.9 Å². The van der Waals surface area contributed by atoms with Gasteiger partial charge < -0.3 is 34.0 Å². The summed E-state index contributed by atoms with van der Waals surface area (Å²) in [5.41, 5.74) is 5.65. The van der Waals surface area contributed by atoms with Gasteiger partial charge in [0.05, 0.1) is 29.8 Å². The molecular formula is C56H60FN3O10. The van der Waals surface area contributed by atoms with Crippen LogP contribution in [-0.4, -0.2) is 70.1 Å². The highest BCUT2D eigenvalue weighted by molar-refractivity contribution is 6.03. The Kier molecular flexibility index (Phi) is 16.4. The number of carbonyl (C=O) groups excluding carboxylic acids is 1. The van der Waals surface area contributed by atoms with Gasteiger partial charge in [-0.2, -0.15) is 0 Å². The van der Waals surface area contributed by atoms with Gasteiger partial charge in [-0.1, -0.05) is 84.7 Å². The van der Waals surface area contributed by atoms with Crippen LogP contribution in [0.2, 0.25) is 0 Å². The zero-order valence-corrected chi connectivity index (χ0v) is 39.4. The number of fused-ring (bicyclic) bond motifs is 2. The smallest absolute Gasteiger partial charge is 0.410 e. The minimum atomic E-state index is -1.58. The van der Waals surface area contributed by atoms with Gasteiger partial charge in [-0.15, -0.1) is 6.58 Å². The number of hydrogen-bond acceptors (Lipinski definition) is 11. The number of aliphatic hydroxyl groups excluding tert-OH is 2. The summed E-state index contributed by atoms with van der Waals surface area (Å²) in [5, 5.41) is 36.3. The number of hydrogen-bond donors (Lipinski definition) is 2. The number of ether oxygens (including phenoxy) is 4. The van der Waals surface area contributed by atoms with Crippen molar-refractivity contribution < 1.29 is 48.1 Å². The molecule has 1 amide bonds. The lowest BCUT2D eigenvalue weighted by Crippen LogP contribution is -2.70. The minimum absolute atomic E-state index is 0.00110. The first kappa shape index (κ1) is 49.5. The second-order valence-corrected chi connectivity index (χ2v) is 17.9. The summed E-state index contributed by atoms with van der Waals surface area (Å²) >= 11 is 0. The van der Waals surface area contributed by atoms with Crippen molar-refractivity contribution in [2.24, 2.45) is 22.9 Å². The summed E-state index contributed by atoms with van der Waals surface area (Å²) in [4.78, 5) is 33.2. The highest BCUT2D eigenvalue weighted by Gasteiger charge is 2.65. The van der Waals surface area contributed by atoms with Crippen LogP contribution in [0, 0.1) is 33.7 Å². The molecule has 13 nitrogen and oxygen atoms in total. The summed E-state index contributed by atoms with van der Waals surface area (Å²) < 4.78 is 41.2. The molecule has 1 heterocycles. The average molecular weight is 954 g/mol. The number of nitrogens with zero attached hydrogens (tertiary/aromatic N) is 3. The van der Waals surface area contributed by atoms with Crippen molar-refractivity contribution in [2.75, 3.05) is 26.4 Å². The number of aliphatic hydroxyl groups is 2. The van der Waals surface area contributed by atoms with Crippen LogP contribution < -0.4 is 9.47 Å². The van der Waals surface area contributed by atoms with Crippen LogP contribution in [-0.2, 0) is 27.5 Å². The monoisotopic (exact) mass is 953 g/mol. The van der Waals surface area contributed by atoms with Crippen molar-refractivity contribution in [3.05, 3.63) is 178 Å². The Hall–Kier alpha value is -6.87. The van der Waals surface area contributed by atoms with Crippen LogP contribution in [0.25, 0.3) is 11.1 Å². The molecule has 14 heteroatoms. The Morgan fingerprint density at radius 3 is 2.27 bits per heavy atom. The SMILES string of the molecule is C=CCOC12Oc3ccc(Oc4ccc(-c5ccccc5)cc4)cc3C3C(CCCCO)C(CCCCO)C=C(C(=NOCc4ccc([N+](=O)[O-])cc4)CC1N(Cc1ccc(F)cc1)C(=O)OCC)C32. The molecule has 2 N–H and O–H groups in total. The highest BCUT2D eigenvalue weighted by Crippen LogP contribution is 2.62. The van der Waals surface area contributed by atoms with E-state index in [0.29, 0.717) is 46.9 Å². The maximum Gasteiger partial charge on any atom is 0.410 e. The van der Waals surface area contributed by atoms with E-state index < -0.39 is 34.6 Å². The number of carbonyl (C=O) groups is 1. The van der Waals surface area contributed by atoms with Crippen molar-refractivity contribution in [3.63, 3.8) is 0 Å². The minimum Gasteiger partial charge on any atom is -0.459 e. The molecule has 1 saturated carbocycles. The first-order valence-electron chi connectivity index (χ1n) is 24.1. The molecule has 366 valence electrons. The standard InChI is InChI=1S/C56H60FN3O10/c1-3-32-67-56-52(59(55(63)66-4-2)36-38-16-22-43(57)23-17-38)35-50(58-68-37-39-18-24-44(25-19-39)60(64)65)48-33-42(14-8-10-30-61)47(15-9-11-31-62)53(54(48)56)49-34-46(28-29-51(49)70-56)69-45-26-20-41(21-27-45)40-12-6-5-7-13-40/h3,5-7,12-13,16-29,33-34,42,47,52-54,61-62H,1,4,8-11,14-15,30-32,35-37H2,2H3. The van der Waals surface area contributed by atoms with E-state index >= 15 is 0 Å². The first-order chi connectivity index (χ1) is 34.2. The molecule has 1 fully saturated rings. The average Bonchev–Trinajstić information content (AvgIpc) is 3.37. The van der Waals surface area contributed by atoms with Gasteiger partial charge in [0, 0.05) is 49.8 Å². The van der Waals surface area contributed by atoms with E-state index in [4.69, 9.17) is 28.9 Å². The fraction of sp³-hybridized carbons (Fsp3) is 0.357. The molecule has 0 spiro atoms. The lowest BCUT2D eigenvalue weighted by Gasteiger charge is -2.59. The van der Waals surface area contributed by atoms with Gasteiger partial charge in [0.25, 0.3) is 5.69 Å². The number of non-ortho nitro benzene ring substituents is 1.